The molecular formula is C12H24N4O. The average Bonchev–Trinajstić information content (AvgIpc) is 2.64. The molecule has 0 saturated heterocycles. The van der Waals surface area contributed by atoms with Gasteiger partial charge in [0.25, 0.3) is 0 Å². The number of hydrogen-bond acceptors (Lipinski definition) is 4. The second-order valence-corrected chi connectivity index (χ2v) is 4.43. The van der Waals surface area contributed by atoms with E-state index in [1.54, 1.807) is 7.11 Å². The van der Waals surface area contributed by atoms with Gasteiger partial charge in [-0.15, -0.1) is 0 Å². The molecule has 98 valence electrons. The number of nitrogens with one attached hydrogen (secondary N) is 1. The Labute approximate surface area is 104 Å². The van der Waals surface area contributed by atoms with Crippen LogP contribution in [0, 0.1) is 0 Å². The Morgan fingerprint density at radius 2 is 2.35 bits per heavy atom. The molecule has 0 saturated carbocycles. The molecular weight excluding hydrogens is 216 g/mol. The fourth-order valence-corrected chi connectivity index (χ4v) is 1.97. The highest BCUT2D eigenvalue weighted by Gasteiger charge is 2.10. The van der Waals surface area contributed by atoms with E-state index in [0.717, 1.165) is 26.2 Å². The van der Waals surface area contributed by atoms with E-state index in [1.807, 2.05) is 17.9 Å². The molecule has 1 aromatic rings. The molecule has 1 atom stereocenters. The predicted molar refractivity (Wildman–Crippen MR) is 68.9 cm³/mol. The van der Waals surface area contributed by atoms with Crippen molar-refractivity contribution in [3.63, 3.8) is 0 Å². The van der Waals surface area contributed by atoms with Crippen molar-refractivity contribution in [1.82, 2.24) is 20.0 Å². The predicted octanol–water partition coefficient (Wildman–Crippen LogP) is 0.476. The van der Waals surface area contributed by atoms with Crippen LogP contribution in [-0.2, 0) is 18.3 Å². The number of rotatable bonds is 8. The molecule has 0 aliphatic rings. The summed E-state index contributed by atoms with van der Waals surface area (Å²) in [7, 11) is 5.80. The lowest BCUT2D eigenvalue weighted by atomic mass is 10.2. The third-order valence-corrected chi connectivity index (χ3v) is 2.60. The molecule has 1 heterocycles. The van der Waals surface area contributed by atoms with E-state index < -0.39 is 0 Å². The largest absolute Gasteiger partial charge is 0.383 e. The topological polar surface area (TPSA) is 42.3 Å². The smallest absolute Gasteiger partial charge is 0.0628 e. The van der Waals surface area contributed by atoms with Crippen LogP contribution in [0.3, 0.4) is 0 Å². The normalized spacial score (nSPS) is 13.2. The standard InChI is InChI=1S/C12H24N4O/c1-5-13-12(10-17-4)9-15(2)7-11-6-14-16(3)8-11/h6,8,12-13H,5,7,9-10H2,1-4H3. The summed E-state index contributed by atoms with van der Waals surface area (Å²) in [6.07, 6.45) is 3.96. The van der Waals surface area contributed by atoms with Gasteiger partial charge in [-0.25, -0.2) is 0 Å². The molecule has 1 aromatic heterocycles. The lowest BCUT2D eigenvalue weighted by Gasteiger charge is -2.23. The van der Waals surface area contributed by atoms with E-state index in [9.17, 15) is 0 Å². The van der Waals surface area contributed by atoms with E-state index in [2.05, 4.69) is 35.5 Å². The minimum Gasteiger partial charge on any atom is -0.383 e. The van der Waals surface area contributed by atoms with Gasteiger partial charge in [0.1, 0.15) is 0 Å². The Morgan fingerprint density at radius 1 is 1.59 bits per heavy atom. The molecule has 0 amide bonds. The molecule has 17 heavy (non-hydrogen) atoms. The summed E-state index contributed by atoms with van der Waals surface area (Å²) in [5, 5.41) is 7.59. The Hall–Kier alpha value is -0.910. The molecule has 0 fully saturated rings. The summed E-state index contributed by atoms with van der Waals surface area (Å²) in [6.45, 7) is 5.71. The van der Waals surface area contributed by atoms with Crippen molar-refractivity contribution >= 4 is 0 Å². The van der Waals surface area contributed by atoms with Gasteiger partial charge in [0.15, 0.2) is 0 Å². The number of hydrogen-bond donors (Lipinski definition) is 1. The van der Waals surface area contributed by atoms with E-state index in [0.29, 0.717) is 6.04 Å². The monoisotopic (exact) mass is 240 g/mol. The Balaban J connectivity index is 2.38. The fraction of sp³-hybridized carbons (Fsp3) is 0.750. The van der Waals surface area contributed by atoms with Gasteiger partial charge in [0, 0.05) is 45.0 Å². The van der Waals surface area contributed by atoms with Gasteiger partial charge in [0.2, 0.25) is 0 Å². The van der Waals surface area contributed by atoms with Gasteiger partial charge in [-0.3, -0.25) is 4.68 Å². The molecule has 5 nitrogen and oxygen atoms in total. The first-order chi connectivity index (χ1) is 8.15. The summed E-state index contributed by atoms with van der Waals surface area (Å²) in [5.41, 5.74) is 1.24. The molecule has 0 aromatic carbocycles. The molecule has 1 N–H and O–H groups in total. The van der Waals surface area contributed by atoms with Crippen molar-refractivity contribution in [2.75, 3.05) is 33.9 Å². The first kappa shape index (κ1) is 14.2. The Bertz CT molecular complexity index is 307. The highest BCUT2D eigenvalue weighted by molar-refractivity contribution is 5.03. The van der Waals surface area contributed by atoms with Crippen molar-refractivity contribution in [1.29, 1.82) is 0 Å². The Morgan fingerprint density at radius 3 is 2.88 bits per heavy atom. The van der Waals surface area contributed by atoms with Crippen LogP contribution < -0.4 is 5.32 Å². The zero-order valence-corrected chi connectivity index (χ0v) is 11.3. The van der Waals surface area contributed by atoms with Gasteiger partial charge in [-0.2, -0.15) is 5.10 Å². The van der Waals surface area contributed by atoms with Crippen LogP contribution >= 0.6 is 0 Å². The molecule has 1 unspecified atom stereocenters. The van der Waals surface area contributed by atoms with Gasteiger partial charge < -0.3 is 15.0 Å². The summed E-state index contributed by atoms with van der Waals surface area (Å²) in [5.74, 6) is 0. The van der Waals surface area contributed by atoms with Crippen LogP contribution in [0.2, 0.25) is 0 Å². The van der Waals surface area contributed by atoms with Gasteiger partial charge in [0.05, 0.1) is 12.8 Å². The van der Waals surface area contributed by atoms with Crippen LogP contribution in [0.5, 0.6) is 0 Å². The molecule has 0 bridgehead atoms. The first-order valence-corrected chi connectivity index (χ1v) is 6.04. The van der Waals surface area contributed by atoms with Crippen LogP contribution in [-0.4, -0.2) is 54.6 Å². The number of ether oxygens (including phenoxy) is 1. The number of methoxy groups -OCH3 is 1. The Kier molecular flexibility index (Phi) is 6.18. The van der Waals surface area contributed by atoms with E-state index in [1.165, 1.54) is 5.56 Å². The highest BCUT2D eigenvalue weighted by Crippen LogP contribution is 2.02. The van der Waals surface area contributed by atoms with Crippen LogP contribution in [0.1, 0.15) is 12.5 Å². The number of likely N-dealkylation sites (N-methyl/N-ethyl adjacent to an activating group) is 2. The average molecular weight is 240 g/mol. The van der Waals surface area contributed by atoms with Gasteiger partial charge >= 0.3 is 0 Å². The van der Waals surface area contributed by atoms with Crippen molar-refractivity contribution in [3.05, 3.63) is 18.0 Å². The lowest BCUT2D eigenvalue weighted by Crippen LogP contribution is -2.42. The minimum absolute atomic E-state index is 0.381. The summed E-state index contributed by atoms with van der Waals surface area (Å²) in [4.78, 5) is 2.28. The summed E-state index contributed by atoms with van der Waals surface area (Å²) >= 11 is 0. The van der Waals surface area contributed by atoms with Crippen LogP contribution in [0.4, 0.5) is 0 Å². The van der Waals surface area contributed by atoms with Crippen LogP contribution in [0.25, 0.3) is 0 Å². The first-order valence-electron chi connectivity index (χ1n) is 6.04. The van der Waals surface area contributed by atoms with Gasteiger partial charge in [-0.1, -0.05) is 6.92 Å². The number of aromatic nitrogens is 2. The second kappa shape index (κ2) is 7.42. The van der Waals surface area contributed by atoms with E-state index >= 15 is 0 Å². The zero-order valence-electron chi connectivity index (χ0n) is 11.3. The van der Waals surface area contributed by atoms with Crippen molar-refractivity contribution < 1.29 is 4.74 Å². The molecule has 0 radical (unpaired) electrons. The maximum atomic E-state index is 5.21. The molecule has 5 heteroatoms. The fourth-order valence-electron chi connectivity index (χ4n) is 1.97. The molecule has 0 spiro atoms. The lowest BCUT2D eigenvalue weighted by molar-refractivity contribution is 0.145. The van der Waals surface area contributed by atoms with Crippen molar-refractivity contribution in [2.24, 2.45) is 7.05 Å². The highest BCUT2D eigenvalue weighted by atomic mass is 16.5. The number of aryl methyl sites for hydroxylation is 1. The molecule has 0 aliphatic carbocycles. The minimum atomic E-state index is 0.381. The number of nitrogens with zero attached hydrogens (tertiary/aromatic N) is 3. The maximum absolute atomic E-state index is 5.21. The summed E-state index contributed by atoms with van der Waals surface area (Å²) < 4.78 is 7.04. The van der Waals surface area contributed by atoms with Crippen LogP contribution in [0.15, 0.2) is 12.4 Å². The molecule has 0 aliphatic heterocycles. The summed E-state index contributed by atoms with van der Waals surface area (Å²) in [6, 6.07) is 0.381. The van der Waals surface area contributed by atoms with Gasteiger partial charge in [-0.05, 0) is 13.6 Å². The SMILES string of the molecule is CCNC(COC)CN(C)Cc1cnn(C)c1. The van der Waals surface area contributed by atoms with E-state index in [-0.39, 0.29) is 0 Å². The van der Waals surface area contributed by atoms with Crippen molar-refractivity contribution in [2.45, 2.75) is 19.5 Å². The third kappa shape index (κ3) is 5.30. The molecule has 1 rings (SSSR count). The van der Waals surface area contributed by atoms with E-state index in [4.69, 9.17) is 4.74 Å². The second-order valence-electron chi connectivity index (χ2n) is 4.43. The van der Waals surface area contributed by atoms with Crippen molar-refractivity contribution in [3.8, 4) is 0 Å². The quantitative estimate of drug-likeness (QED) is 0.717. The zero-order chi connectivity index (χ0) is 12.7. The maximum Gasteiger partial charge on any atom is 0.0628 e. The third-order valence-electron chi connectivity index (χ3n) is 2.60.